The predicted octanol–water partition coefficient (Wildman–Crippen LogP) is 4.45. The highest BCUT2D eigenvalue weighted by Crippen LogP contribution is 2.26. The molecule has 0 atom stereocenters. The third kappa shape index (κ3) is 2.04. The Labute approximate surface area is 91.9 Å². The second-order valence-electron chi connectivity index (χ2n) is 5.32. The quantitative estimate of drug-likeness (QED) is 0.587. The summed E-state index contributed by atoms with van der Waals surface area (Å²) < 4.78 is 0. The van der Waals surface area contributed by atoms with Crippen LogP contribution in [0.25, 0.3) is 10.8 Å². The van der Waals surface area contributed by atoms with Gasteiger partial charge < -0.3 is 0 Å². The normalized spacial score (nSPS) is 12.0. The van der Waals surface area contributed by atoms with Crippen LogP contribution in [-0.2, 0) is 5.41 Å². The topological polar surface area (TPSA) is 0 Å². The standard InChI is InChI=1S/C15H18/c1-11-5-6-12-7-8-14(15(2,3)4)10-13(12)9-11/h5-10H,1-4H3. The molecule has 0 saturated heterocycles. The van der Waals surface area contributed by atoms with Crippen molar-refractivity contribution in [2.45, 2.75) is 33.1 Å². The lowest BCUT2D eigenvalue weighted by atomic mass is 9.86. The van der Waals surface area contributed by atoms with Crippen LogP contribution < -0.4 is 0 Å². The second kappa shape index (κ2) is 3.37. The van der Waals surface area contributed by atoms with Crippen molar-refractivity contribution in [3.63, 3.8) is 0 Å². The Kier molecular flexibility index (Phi) is 2.30. The highest BCUT2D eigenvalue weighted by atomic mass is 14.2. The van der Waals surface area contributed by atoms with Crippen molar-refractivity contribution < 1.29 is 0 Å². The van der Waals surface area contributed by atoms with Crippen molar-refractivity contribution >= 4 is 10.8 Å². The average Bonchev–Trinajstić information content (AvgIpc) is 2.15. The lowest BCUT2D eigenvalue weighted by Gasteiger charge is -2.19. The maximum absolute atomic E-state index is 2.31. The number of hydrogen-bond acceptors (Lipinski definition) is 0. The molecule has 0 heterocycles. The minimum atomic E-state index is 0.234. The fourth-order valence-electron chi connectivity index (χ4n) is 1.83. The zero-order chi connectivity index (χ0) is 11.1. The first kappa shape index (κ1) is 10.2. The smallest absolute Gasteiger partial charge is 0.0132 e. The van der Waals surface area contributed by atoms with Gasteiger partial charge in [0.2, 0.25) is 0 Å². The number of fused-ring (bicyclic) bond motifs is 1. The zero-order valence-electron chi connectivity index (χ0n) is 9.96. The molecule has 0 heteroatoms. The Hall–Kier alpha value is -1.30. The van der Waals surface area contributed by atoms with Crippen molar-refractivity contribution in [3.8, 4) is 0 Å². The maximum Gasteiger partial charge on any atom is -0.0132 e. The van der Waals surface area contributed by atoms with E-state index in [4.69, 9.17) is 0 Å². The molecule has 0 unspecified atom stereocenters. The van der Waals surface area contributed by atoms with Crippen molar-refractivity contribution in [2.24, 2.45) is 0 Å². The maximum atomic E-state index is 2.31. The molecule has 78 valence electrons. The lowest BCUT2D eigenvalue weighted by molar-refractivity contribution is 0.591. The number of aryl methyl sites for hydroxylation is 1. The fourth-order valence-corrected chi connectivity index (χ4v) is 1.83. The van der Waals surface area contributed by atoms with E-state index in [1.807, 2.05) is 0 Å². The summed E-state index contributed by atoms with van der Waals surface area (Å²) in [6.45, 7) is 8.90. The molecule has 0 aliphatic carbocycles. The molecule has 0 aliphatic heterocycles. The summed E-state index contributed by atoms with van der Waals surface area (Å²) in [5.74, 6) is 0. The van der Waals surface area contributed by atoms with Gasteiger partial charge in [-0.25, -0.2) is 0 Å². The van der Waals surface area contributed by atoms with Gasteiger partial charge in [0.15, 0.2) is 0 Å². The van der Waals surface area contributed by atoms with E-state index in [0.29, 0.717) is 0 Å². The van der Waals surface area contributed by atoms with E-state index in [-0.39, 0.29) is 5.41 Å². The monoisotopic (exact) mass is 198 g/mol. The van der Waals surface area contributed by atoms with Crippen LogP contribution in [0, 0.1) is 6.92 Å². The summed E-state index contributed by atoms with van der Waals surface area (Å²) in [5.41, 5.74) is 2.96. The summed E-state index contributed by atoms with van der Waals surface area (Å²) in [4.78, 5) is 0. The Bertz CT molecular complexity index is 487. The third-order valence-corrected chi connectivity index (χ3v) is 2.86. The SMILES string of the molecule is Cc1ccc2ccc(C(C)(C)C)cc2c1. The number of benzene rings is 2. The van der Waals surface area contributed by atoms with Crippen molar-refractivity contribution in [2.75, 3.05) is 0 Å². The summed E-state index contributed by atoms with van der Waals surface area (Å²) in [7, 11) is 0. The lowest BCUT2D eigenvalue weighted by Crippen LogP contribution is -2.10. The first-order chi connectivity index (χ1) is 6.97. The van der Waals surface area contributed by atoms with Gasteiger partial charge in [-0.2, -0.15) is 0 Å². The highest BCUT2D eigenvalue weighted by molar-refractivity contribution is 5.84. The first-order valence-corrected chi connectivity index (χ1v) is 5.48. The molecule has 2 aromatic rings. The van der Waals surface area contributed by atoms with Crippen LogP contribution in [-0.4, -0.2) is 0 Å². The molecule has 0 fully saturated rings. The van der Waals surface area contributed by atoms with Gasteiger partial charge in [0.05, 0.1) is 0 Å². The van der Waals surface area contributed by atoms with Gasteiger partial charge in [-0.15, -0.1) is 0 Å². The van der Waals surface area contributed by atoms with E-state index in [2.05, 4.69) is 64.1 Å². The molecule has 0 bridgehead atoms. The van der Waals surface area contributed by atoms with E-state index in [0.717, 1.165) is 0 Å². The van der Waals surface area contributed by atoms with E-state index in [9.17, 15) is 0 Å². The van der Waals surface area contributed by atoms with Crippen LogP contribution in [0.3, 0.4) is 0 Å². The molecule has 0 aliphatic rings. The van der Waals surface area contributed by atoms with E-state index in [1.165, 1.54) is 21.9 Å². The first-order valence-electron chi connectivity index (χ1n) is 5.48. The summed E-state index contributed by atoms with van der Waals surface area (Å²) in [6, 6.07) is 13.4. The molecule has 0 nitrogen and oxygen atoms in total. The molecule has 2 rings (SSSR count). The van der Waals surface area contributed by atoms with Gasteiger partial charge in [-0.05, 0) is 28.7 Å². The van der Waals surface area contributed by atoms with E-state index >= 15 is 0 Å². The predicted molar refractivity (Wildman–Crippen MR) is 67.4 cm³/mol. The van der Waals surface area contributed by atoms with Crippen LogP contribution in [0.5, 0.6) is 0 Å². The van der Waals surface area contributed by atoms with Gasteiger partial charge in [-0.3, -0.25) is 0 Å². The van der Waals surface area contributed by atoms with Crippen molar-refractivity contribution in [1.82, 2.24) is 0 Å². The van der Waals surface area contributed by atoms with Gasteiger partial charge in [0, 0.05) is 0 Å². The average molecular weight is 198 g/mol. The molecule has 0 saturated carbocycles. The molecule has 2 aromatic carbocycles. The van der Waals surface area contributed by atoms with Crippen LogP contribution in [0.2, 0.25) is 0 Å². The van der Waals surface area contributed by atoms with Gasteiger partial charge in [-0.1, -0.05) is 62.7 Å². The molecule has 0 radical (unpaired) electrons. The summed E-state index contributed by atoms with van der Waals surface area (Å²) >= 11 is 0. The van der Waals surface area contributed by atoms with Crippen molar-refractivity contribution in [1.29, 1.82) is 0 Å². The van der Waals surface area contributed by atoms with Crippen LogP contribution in [0.1, 0.15) is 31.9 Å². The number of rotatable bonds is 0. The third-order valence-electron chi connectivity index (χ3n) is 2.86. The van der Waals surface area contributed by atoms with Crippen molar-refractivity contribution in [3.05, 3.63) is 47.5 Å². The highest BCUT2D eigenvalue weighted by Gasteiger charge is 2.13. The van der Waals surface area contributed by atoms with Crippen LogP contribution in [0.15, 0.2) is 36.4 Å². The molecule has 0 spiro atoms. The molecular formula is C15H18. The minimum Gasteiger partial charge on any atom is -0.0587 e. The molecule has 0 aromatic heterocycles. The Morgan fingerprint density at radius 1 is 0.800 bits per heavy atom. The molecule has 0 N–H and O–H groups in total. The second-order valence-corrected chi connectivity index (χ2v) is 5.32. The van der Waals surface area contributed by atoms with Crippen LogP contribution in [0.4, 0.5) is 0 Å². The van der Waals surface area contributed by atoms with Crippen LogP contribution >= 0.6 is 0 Å². The van der Waals surface area contributed by atoms with E-state index < -0.39 is 0 Å². The van der Waals surface area contributed by atoms with Gasteiger partial charge >= 0.3 is 0 Å². The number of hydrogen-bond donors (Lipinski definition) is 0. The largest absolute Gasteiger partial charge is 0.0587 e. The van der Waals surface area contributed by atoms with Gasteiger partial charge in [0.1, 0.15) is 0 Å². The Morgan fingerprint density at radius 2 is 1.47 bits per heavy atom. The fraction of sp³-hybridized carbons (Fsp3) is 0.333. The zero-order valence-corrected chi connectivity index (χ0v) is 9.96. The molecular weight excluding hydrogens is 180 g/mol. The molecule has 15 heavy (non-hydrogen) atoms. The minimum absolute atomic E-state index is 0.234. The molecule has 0 amide bonds. The van der Waals surface area contributed by atoms with Gasteiger partial charge in [0.25, 0.3) is 0 Å². The summed E-state index contributed by atoms with van der Waals surface area (Å²) in [6.07, 6.45) is 0. The Balaban J connectivity index is 2.64. The Morgan fingerprint density at radius 3 is 2.13 bits per heavy atom. The van der Waals surface area contributed by atoms with E-state index in [1.54, 1.807) is 0 Å². The summed E-state index contributed by atoms with van der Waals surface area (Å²) in [5, 5.41) is 2.68.